The van der Waals surface area contributed by atoms with Crippen LogP contribution in [0.4, 0.5) is 10.7 Å². The zero-order chi connectivity index (χ0) is 15.5. The number of imide groups is 1. The van der Waals surface area contributed by atoms with E-state index in [9.17, 15) is 9.59 Å². The number of nitrogens with zero attached hydrogens (tertiary/aromatic N) is 4. The standard InChI is InChI=1S/C14H20N6O2/c1-11(12(21)20-6-5-17-14(20)22)18-7-9-19(10-8-18)13-15-3-2-4-16-13/h2-4,11H,5-10H2,1H3,(H,17,22)/p+1/t11-/m0/s1. The van der Waals surface area contributed by atoms with Crippen molar-refractivity contribution in [3.8, 4) is 0 Å². The van der Waals surface area contributed by atoms with E-state index in [1.54, 1.807) is 18.5 Å². The lowest BCUT2D eigenvalue weighted by Crippen LogP contribution is -3.19. The number of amides is 3. The van der Waals surface area contributed by atoms with Gasteiger partial charge in [0, 0.05) is 25.5 Å². The first-order valence-corrected chi connectivity index (χ1v) is 7.62. The first-order valence-electron chi connectivity index (χ1n) is 7.62. The number of rotatable bonds is 3. The summed E-state index contributed by atoms with van der Waals surface area (Å²) < 4.78 is 0. The van der Waals surface area contributed by atoms with Gasteiger partial charge in [0.1, 0.15) is 0 Å². The number of nitrogens with one attached hydrogen (secondary N) is 2. The summed E-state index contributed by atoms with van der Waals surface area (Å²) in [6, 6.07) is 1.32. The molecule has 0 saturated carbocycles. The molecule has 1 aromatic rings. The third kappa shape index (κ3) is 2.87. The number of hydrogen-bond acceptors (Lipinski definition) is 5. The fourth-order valence-corrected chi connectivity index (χ4v) is 2.97. The van der Waals surface area contributed by atoms with Gasteiger partial charge in [-0.3, -0.25) is 9.69 Å². The molecule has 2 saturated heterocycles. The third-order valence-electron chi connectivity index (χ3n) is 4.35. The van der Waals surface area contributed by atoms with E-state index < -0.39 is 0 Å². The number of hydrogen-bond donors (Lipinski definition) is 2. The fraction of sp³-hybridized carbons (Fsp3) is 0.571. The summed E-state index contributed by atoms with van der Waals surface area (Å²) in [5.74, 6) is 0.647. The molecule has 3 heterocycles. The molecule has 0 radical (unpaired) electrons. The lowest BCUT2D eigenvalue weighted by molar-refractivity contribution is -0.915. The average Bonchev–Trinajstić information content (AvgIpc) is 3.00. The van der Waals surface area contributed by atoms with Crippen molar-refractivity contribution in [2.24, 2.45) is 0 Å². The monoisotopic (exact) mass is 305 g/mol. The minimum Gasteiger partial charge on any atom is -0.336 e. The van der Waals surface area contributed by atoms with Crippen molar-refractivity contribution < 1.29 is 14.5 Å². The summed E-state index contributed by atoms with van der Waals surface area (Å²) in [5, 5.41) is 2.67. The molecule has 0 aliphatic carbocycles. The van der Waals surface area contributed by atoms with Gasteiger partial charge in [0.05, 0.1) is 26.2 Å². The summed E-state index contributed by atoms with van der Waals surface area (Å²) in [5.41, 5.74) is 0. The third-order valence-corrected chi connectivity index (χ3v) is 4.35. The maximum Gasteiger partial charge on any atom is 0.324 e. The van der Waals surface area contributed by atoms with Crippen LogP contribution >= 0.6 is 0 Å². The van der Waals surface area contributed by atoms with E-state index in [0.29, 0.717) is 13.1 Å². The van der Waals surface area contributed by atoms with Gasteiger partial charge in [0.25, 0.3) is 5.91 Å². The van der Waals surface area contributed by atoms with E-state index in [1.807, 2.05) is 6.92 Å². The maximum atomic E-state index is 12.4. The predicted molar refractivity (Wildman–Crippen MR) is 79.5 cm³/mol. The summed E-state index contributed by atoms with van der Waals surface area (Å²) in [6.07, 6.45) is 3.47. The lowest BCUT2D eigenvalue weighted by Gasteiger charge is -2.35. The van der Waals surface area contributed by atoms with Crippen molar-refractivity contribution in [1.82, 2.24) is 20.2 Å². The molecule has 0 unspecified atom stereocenters. The molecule has 1 aromatic heterocycles. The second-order valence-corrected chi connectivity index (χ2v) is 5.64. The Balaban J connectivity index is 1.57. The van der Waals surface area contributed by atoms with Gasteiger partial charge in [-0.05, 0) is 13.0 Å². The fourth-order valence-electron chi connectivity index (χ4n) is 2.97. The Labute approximate surface area is 129 Å². The van der Waals surface area contributed by atoms with Crippen molar-refractivity contribution in [1.29, 1.82) is 0 Å². The van der Waals surface area contributed by atoms with E-state index in [1.165, 1.54) is 9.80 Å². The minimum atomic E-state index is -0.271. The number of carbonyl (C=O) groups is 2. The van der Waals surface area contributed by atoms with Crippen LogP contribution in [0.25, 0.3) is 0 Å². The highest BCUT2D eigenvalue weighted by Crippen LogP contribution is 2.05. The van der Waals surface area contributed by atoms with E-state index in [4.69, 9.17) is 0 Å². The van der Waals surface area contributed by atoms with Crippen LogP contribution < -0.4 is 15.1 Å². The Morgan fingerprint density at radius 2 is 1.95 bits per heavy atom. The van der Waals surface area contributed by atoms with E-state index in [2.05, 4.69) is 20.2 Å². The Morgan fingerprint density at radius 3 is 2.55 bits per heavy atom. The quantitative estimate of drug-likeness (QED) is 0.683. The topological polar surface area (TPSA) is 82.9 Å². The number of carbonyl (C=O) groups excluding carboxylic acids is 2. The molecule has 0 bridgehead atoms. The largest absolute Gasteiger partial charge is 0.336 e. The zero-order valence-corrected chi connectivity index (χ0v) is 12.7. The van der Waals surface area contributed by atoms with Crippen molar-refractivity contribution in [3.63, 3.8) is 0 Å². The predicted octanol–water partition coefficient (Wildman–Crippen LogP) is -1.88. The summed E-state index contributed by atoms with van der Waals surface area (Å²) in [4.78, 5) is 37.2. The zero-order valence-electron chi connectivity index (χ0n) is 12.7. The first kappa shape index (κ1) is 14.7. The molecule has 0 spiro atoms. The first-order chi connectivity index (χ1) is 10.7. The van der Waals surface area contributed by atoms with Crippen LogP contribution in [0.3, 0.4) is 0 Å². The van der Waals surface area contributed by atoms with Crippen LogP contribution in [0.15, 0.2) is 18.5 Å². The summed E-state index contributed by atoms with van der Waals surface area (Å²) >= 11 is 0. The van der Waals surface area contributed by atoms with Crippen molar-refractivity contribution in [2.75, 3.05) is 44.2 Å². The van der Waals surface area contributed by atoms with Crippen molar-refractivity contribution >= 4 is 17.9 Å². The molecule has 2 fully saturated rings. The summed E-state index contributed by atoms with van der Waals surface area (Å²) in [7, 11) is 0. The number of anilines is 1. The van der Waals surface area contributed by atoms with Crippen LogP contribution in [-0.4, -0.2) is 72.1 Å². The van der Waals surface area contributed by atoms with Gasteiger partial charge in [0.15, 0.2) is 6.04 Å². The smallest absolute Gasteiger partial charge is 0.324 e. The molecule has 0 aromatic carbocycles. The van der Waals surface area contributed by atoms with Gasteiger partial charge in [-0.25, -0.2) is 14.8 Å². The number of urea groups is 1. The molecule has 8 heteroatoms. The van der Waals surface area contributed by atoms with Crippen molar-refractivity contribution in [2.45, 2.75) is 13.0 Å². The molecule has 2 N–H and O–H groups in total. The average molecular weight is 305 g/mol. The summed E-state index contributed by atoms with van der Waals surface area (Å²) in [6.45, 7) is 6.20. The van der Waals surface area contributed by atoms with Gasteiger partial charge in [-0.2, -0.15) is 0 Å². The Kier molecular flexibility index (Phi) is 4.19. The minimum absolute atomic E-state index is 0.0885. The van der Waals surface area contributed by atoms with Crippen LogP contribution in [0.1, 0.15) is 6.92 Å². The molecule has 3 amide bonds. The molecule has 1 atom stereocenters. The number of piperazine rings is 1. The van der Waals surface area contributed by atoms with E-state index >= 15 is 0 Å². The molecule has 2 aliphatic rings. The van der Waals surface area contributed by atoms with Gasteiger partial charge in [-0.15, -0.1) is 0 Å². The van der Waals surface area contributed by atoms with Gasteiger partial charge in [0.2, 0.25) is 5.95 Å². The van der Waals surface area contributed by atoms with Crippen LogP contribution in [0.2, 0.25) is 0 Å². The molecular formula is C14H21N6O2+. The Hall–Kier alpha value is -2.22. The van der Waals surface area contributed by atoms with Gasteiger partial charge >= 0.3 is 6.03 Å². The molecule has 22 heavy (non-hydrogen) atoms. The lowest BCUT2D eigenvalue weighted by atomic mass is 10.2. The maximum absolute atomic E-state index is 12.4. The SMILES string of the molecule is C[C@@H](C(=O)N1CCNC1=O)[NH+]1CCN(c2ncccn2)CC1. The van der Waals surface area contributed by atoms with Crippen LogP contribution in [-0.2, 0) is 4.79 Å². The highest BCUT2D eigenvalue weighted by Gasteiger charge is 2.36. The van der Waals surface area contributed by atoms with Gasteiger partial charge in [-0.1, -0.05) is 0 Å². The van der Waals surface area contributed by atoms with Gasteiger partial charge < -0.3 is 15.1 Å². The Morgan fingerprint density at radius 1 is 1.27 bits per heavy atom. The number of aromatic nitrogens is 2. The molecular weight excluding hydrogens is 284 g/mol. The highest BCUT2D eigenvalue weighted by atomic mass is 16.2. The Bertz CT molecular complexity index is 544. The van der Waals surface area contributed by atoms with E-state index in [0.717, 1.165) is 32.1 Å². The van der Waals surface area contributed by atoms with E-state index in [-0.39, 0.29) is 18.0 Å². The molecule has 3 rings (SSSR count). The molecule has 2 aliphatic heterocycles. The molecule has 8 nitrogen and oxygen atoms in total. The van der Waals surface area contributed by atoms with Crippen molar-refractivity contribution in [3.05, 3.63) is 18.5 Å². The van der Waals surface area contributed by atoms with Crippen LogP contribution in [0, 0.1) is 0 Å². The normalized spacial score (nSPS) is 20.9. The highest BCUT2D eigenvalue weighted by molar-refractivity contribution is 5.97. The number of quaternary nitrogens is 1. The molecule has 118 valence electrons. The van der Waals surface area contributed by atoms with Crippen LogP contribution in [0.5, 0.6) is 0 Å². The second-order valence-electron chi connectivity index (χ2n) is 5.64. The second kappa shape index (κ2) is 6.27.